The van der Waals surface area contributed by atoms with E-state index in [1.807, 2.05) is 0 Å². The highest BCUT2D eigenvalue weighted by Crippen LogP contribution is 2.33. The number of nitrogens with two attached hydrogens (primary N) is 1. The second kappa shape index (κ2) is 12.2. The highest BCUT2D eigenvalue weighted by Gasteiger charge is 2.50. The summed E-state index contributed by atoms with van der Waals surface area (Å²) in [5.41, 5.74) is 6.15. The number of imidazole rings is 1. The number of fused-ring (bicyclic) bond motifs is 1. The molecule has 41 heavy (non-hydrogen) atoms. The number of rotatable bonds is 8. The maximum atomic E-state index is 13.6. The lowest BCUT2D eigenvalue weighted by molar-refractivity contribution is -0.159. The fourth-order valence-electron chi connectivity index (χ4n) is 4.35. The average Bonchev–Trinajstić information content (AvgIpc) is 3.46. The van der Waals surface area contributed by atoms with Gasteiger partial charge in [-0.3, -0.25) is 9.36 Å². The third kappa shape index (κ3) is 6.84. The molecule has 0 radical (unpaired) electrons. The zero-order chi connectivity index (χ0) is 29.9. The van der Waals surface area contributed by atoms with E-state index in [4.69, 9.17) is 31.5 Å². The molecular formula is C26H32ClN7O7. The molecule has 0 spiro atoms. The standard InChI is InChI=1S/C26H32ClN7O7/c1-5-39-24(37)19-16(18(35)23(40-19)34-12-31-17-20(28)29-11-30-21(17)34)33-22(36)15(32-25(38)41-26(2,3)4)10-13-8-6-7-9-14(13)27/h6-9,11-12,15-16,18-19,23,35H,5,10H2,1-4H3,(H,32,38)(H,33,36)(H2,28,29,30)/t15?,16-,18+,19-,23+/m0/s1. The topological polar surface area (TPSA) is 193 Å². The molecule has 1 aromatic carbocycles. The van der Waals surface area contributed by atoms with Crippen LogP contribution in [-0.4, -0.2) is 79.1 Å². The summed E-state index contributed by atoms with van der Waals surface area (Å²) in [4.78, 5) is 51.4. The number of anilines is 1. The molecule has 220 valence electrons. The molecule has 0 bridgehead atoms. The molecule has 1 aliphatic rings. The lowest BCUT2D eigenvalue weighted by atomic mass is 10.0. The number of benzene rings is 1. The van der Waals surface area contributed by atoms with E-state index in [-0.39, 0.29) is 30.0 Å². The predicted molar refractivity (Wildman–Crippen MR) is 147 cm³/mol. The van der Waals surface area contributed by atoms with Crippen LogP contribution in [0.5, 0.6) is 0 Å². The molecule has 1 unspecified atom stereocenters. The van der Waals surface area contributed by atoms with E-state index in [0.717, 1.165) is 0 Å². The number of halogens is 1. The zero-order valence-corrected chi connectivity index (χ0v) is 23.7. The first kappa shape index (κ1) is 30.0. The lowest BCUT2D eigenvalue weighted by Crippen LogP contribution is -2.56. The van der Waals surface area contributed by atoms with Crippen LogP contribution in [0, 0.1) is 0 Å². The number of amides is 2. The van der Waals surface area contributed by atoms with Crippen molar-refractivity contribution in [3.8, 4) is 0 Å². The molecule has 3 aromatic rings. The molecule has 15 heteroatoms. The van der Waals surface area contributed by atoms with Gasteiger partial charge in [0.15, 0.2) is 23.8 Å². The van der Waals surface area contributed by atoms with E-state index < -0.39 is 54.1 Å². The van der Waals surface area contributed by atoms with Crippen LogP contribution in [0.2, 0.25) is 5.02 Å². The van der Waals surface area contributed by atoms with Gasteiger partial charge >= 0.3 is 12.1 Å². The summed E-state index contributed by atoms with van der Waals surface area (Å²) in [6.07, 6.45) is -2.36. The smallest absolute Gasteiger partial charge is 0.408 e. The molecule has 0 saturated carbocycles. The van der Waals surface area contributed by atoms with Gasteiger partial charge in [-0.05, 0) is 39.3 Å². The summed E-state index contributed by atoms with van der Waals surface area (Å²) in [6.45, 7) is 6.70. The van der Waals surface area contributed by atoms with Crippen molar-refractivity contribution in [3.63, 3.8) is 0 Å². The molecule has 4 rings (SSSR count). The molecule has 14 nitrogen and oxygen atoms in total. The molecule has 3 heterocycles. The van der Waals surface area contributed by atoms with Gasteiger partial charge in [0.25, 0.3) is 0 Å². The van der Waals surface area contributed by atoms with Crippen LogP contribution in [0.25, 0.3) is 11.2 Å². The highest BCUT2D eigenvalue weighted by molar-refractivity contribution is 6.31. The Labute approximate surface area is 240 Å². The van der Waals surface area contributed by atoms with Gasteiger partial charge in [0.05, 0.1) is 19.0 Å². The third-order valence-electron chi connectivity index (χ3n) is 6.15. The number of carbonyl (C=O) groups excluding carboxylic acids is 3. The predicted octanol–water partition coefficient (Wildman–Crippen LogP) is 1.50. The Morgan fingerprint density at radius 3 is 2.63 bits per heavy atom. The Morgan fingerprint density at radius 1 is 1.22 bits per heavy atom. The first-order valence-corrected chi connectivity index (χ1v) is 13.2. The number of esters is 1. The van der Waals surface area contributed by atoms with Crippen LogP contribution in [0.3, 0.4) is 0 Å². The van der Waals surface area contributed by atoms with E-state index in [9.17, 15) is 19.5 Å². The Hall–Kier alpha value is -4.01. The molecule has 5 atom stereocenters. The Balaban J connectivity index is 1.63. The van der Waals surface area contributed by atoms with E-state index in [1.54, 1.807) is 52.0 Å². The quantitative estimate of drug-likeness (QED) is 0.278. The van der Waals surface area contributed by atoms with Crippen molar-refractivity contribution < 1.29 is 33.7 Å². The summed E-state index contributed by atoms with van der Waals surface area (Å²) >= 11 is 6.32. The van der Waals surface area contributed by atoms with Crippen LogP contribution >= 0.6 is 11.6 Å². The molecular weight excluding hydrogens is 558 g/mol. The normalized spacial score (nSPS) is 21.3. The molecule has 2 amide bonds. The number of ether oxygens (including phenoxy) is 3. The minimum atomic E-state index is -1.47. The van der Waals surface area contributed by atoms with Gasteiger partial charge in [-0.1, -0.05) is 29.8 Å². The highest BCUT2D eigenvalue weighted by atomic mass is 35.5. The number of nitrogen functional groups attached to an aromatic ring is 1. The largest absolute Gasteiger partial charge is 0.464 e. The van der Waals surface area contributed by atoms with Crippen molar-refractivity contribution in [1.82, 2.24) is 30.2 Å². The van der Waals surface area contributed by atoms with Crippen LogP contribution in [0.4, 0.5) is 10.6 Å². The number of nitrogens with one attached hydrogen (secondary N) is 2. The van der Waals surface area contributed by atoms with Crippen molar-refractivity contribution in [1.29, 1.82) is 0 Å². The van der Waals surface area contributed by atoms with Gasteiger partial charge in [0, 0.05) is 11.4 Å². The monoisotopic (exact) mass is 589 g/mol. The maximum absolute atomic E-state index is 13.6. The van der Waals surface area contributed by atoms with Gasteiger partial charge in [0.2, 0.25) is 5.91 Å². The third-order valence-corrected chi connectivity index (χ3v) is 6.52. The van der Waals surface area contributed by atoms with E-state index >= 15 is 0 Å². The summed E-state index contributed by atoms with van der Waals surface area (Å²) in [5.74, 6) is -1.41. The van der Waals surface area contributed by atoms with Crippen molar-refractivity contribution >= 4 is 46.6 Å². The molecule has 0 aliphatic carbocycles. The van der Waals surface area contributed by atoms with Crippen LogP contribution < -0.4 is 16.4 Å². The van der Waals surface area contributed by atoms with E-state index in [2.05, 4.69) is 25.6 Å². The second-order valence-electron chi connectivity index (χ2n) is 10.3. The summed E-state index contributed by atoms with van der Waals surface area (Å²) in [7, 11) is 0. The van der Waals surface area contributed by atoms with Crippen LogP contribution in [0.1, 0.15) is 39.5 Å². The SMILES string of the molecule is CCOC(=O)[C@H]1O[C@@H](n2cnc3c(N)ncnc32)[C@H](O)[C@@H]1NC(=O)C(Cc1ccccc1Cl)NC(=O)OC(C)(C)C. The number of nitrogens with zero attached hydrogens (tertiary/aromatic N) is 4. The van der Waals surface area contributed by atoms with E-state index in [0.29, 0.717) is 10.6 Å². The number of hydrogen-bond acceptors (Lipinski definition) is 11. The van der Waals surface area contributed by atoms with Gasteiger partial charge in [0.1, 0.15) is 29.6 Å². The molecule has 1 saturated heterocycles. The Bertz CT molecular complexity index is 1430. The summed E-state index contributed by atoms with van der Waals surface area (Å²) in [5, 5.41) is 16.9. The Morgan fingerprint density at radius 2 is 1.95 bits per heavy atom. The number of aromatic nitrogens is 4. The van der Waals surface area contributed by atoms with Crippen LogP contribution in [-0.2, 0) is 30.2 Å². The van der Waals surface area contributed by atoms with Crippen molar-refractivity contribution in [2.24, 2.45) is 0 Å². The average molecular weight is 590 g/mol. The second-order valence-corrected chi connectivity index (χ2v) is 10.7. The number of aliphatic hydroxyl groups is 1. The summed E-state index contributed by atoms with van der Waals surface area (Å²) in [6, 6.07) is 4.36. The minimum Gasteiger partial charge on any atom is -0.464 e. The number of aliphatic hydroxyl groups excluding tert-OH is 1. The molecule has 1 aliphatic heterocycles. The number of hydrogen-bond donors (Lipinski definition) is 4. The molecule has 5 N–H and O–H groups in total. The van der Waals surface area contributed by atoms with Gasteiger partial charge in [-0.2, -0.15) is 0 Å². The van der Waals surface area contributed by atoms with Crippen molar-refractivity contribution in [2.75, 3.05) is 12.3 Å². The molecule has 1 fully saturated rings. The van der Waals surface area contributed by atoms with Crippen molar-refractivity contribution in [2.45, 2.75) is 70.2 Å². The number of carbonyl (C=O) groups is 3. The maximum Gasteiger partial charge on any atom is 0.408 e. The summed E-state index contributed by atoms with van der Waals surface area (Å²) < 4.78 is 17.8. The zero-order valence-electron chi connectivity index (χ0n) is 22.9. The first-order chi connectivity index (χ1) is 19.4. The first-order valence-electron chi connectivity index (χ1n) is 12.9. The fourth-order valence-corrected chi connectivity index (χ4v) is 4.57. The lowest BCUT2D eigenvalue weighted by Gasteiger charge is -2.26. The van der Waals surface area contributed by atoms with E-state index in [1.165, 1.54) is 17.2 Å². The molecule has 2 aromatic heterocycles. The minimum absolute atomic E-state index is 0.00964. The van der Waals surface area contributed by atoms with Gasteiger partial charge in [-0.15, -0.1) is 0 Å². The van der Waals surface area contributed by atoms with Crippen molar-refractivity contribution in [3.05, 3.63) is 47.5 Å². The number of alkyl carbamates (subject to hydrolysis) is 1. The van der Waals surface area contributed by atoms with Gasteiger partial charge < -0.3 is 35.7 Å². The fraction of sp³-hybridized carbons (Fsp3) is 0.462. The van der Waals surface area contributed by atoms with Crippen LogP contribution in [0.15, 0.2) is 36.9 Å². The van der Waals surface area contributed by atoms with Gasteiger partial charge in [-0.25, -0.2) is 24.5 Å². The Kier molecular flexibility index (Phi) is 8.95.